The molecule has 0 spiro atoms. The highest BCUT2D eigenvalue weighted by Gasteiger charge is 2.34. The van der Waals surface area contributed by atoms with E-state index >= 15 is 0 Å². The summed E-state index contributed by atoms with van der Waals surface area (Å²) in [6.45, 7) is 0.670. The number of sulfonamides is 2. The van der Waals surface area contributed by atoms with E-state index in [0.717, 1.165) is 43.1 Å². The van der Waals surface area contributed by atoms with Crippen LogP contribution >= 0.6 is 0 Å². The number of ether oxygens (including phenoxy) is 1. The molecule has 34 heavy (non-hydrogen) atoms. The van der Waals surface area contributed by atoms with Gasteiger partial charge in [0.1, 0.15) is 5.75 Å². The molecule has 0 aromatic heterocycles. The molecule has 2 aromatic carbocycles. The molecule has 2 N–H and O–H groups in total. The number of hydrogen-bond donors (Lipinski definition) is 2. The van der Waals surface area contributed by atoms with Crippen molar-refractivity contribution in [2.24, 2.45) is 0 Å². The van der Waals surface area contributed by atoms with Gasteiger partial charge in [0.05, 0.1) is 18.2 Å². The summed E-state index contributed by atoms with van der Waals surface area (Å²) in [5, 5.41) is 6.63. The predicted molar refractivity (Wildman–Crippen MR) is 122 cm³/mol. The first-order valence-corrected chi connectivity index (χ1v) is 14.1. The highest BCUT2D eigenvalue weighted by atomic mass is 32.3. The Morgan fingerprint density at radius 3 is 2.29 bits per heavy atom. The number of nitrogens with zero attached hydrogens (tertiary/aromatic N) is 1. The van der Waals surface area contributed by atoms with Crippen LogP contribution in [-0.2, 0) is 26.6 Å². The molecule has 0 saturated carbocycles. The van der Waals surface area contributed by atoms with E-state index < -0.39 is 32.2 Å². The summed E-state index contributed by atoms with van der Waals surface area (Å²) in [7, 11) is -8.54. The number of benzene rings is 2. The van der Waals surface area contributed by atoms with Gasteiger partial charge >= 0.3 is 6.36 Å². The van der Waals surface area contributed by atoms with Crippen molar-refractivity contribution in [2.45, 2.75) is 37.8 Å². The molecule has 1 fully saturated rings. The fraction of sp³-hybridized carbons (Fsp3) is 0.429. The average Bonchev–Trinajstić information content (AvgIpc) is 2.71. The lowest BCUT2D eigenvalue weighted by Gasteiger charge is -2.34. The molecular formula is C21H26F3N3O5S2. The number of nitrogens with one attached hydrogen (secondary N) is 2. The van der Waals surface area contributed by atoms with Crippen LogP contribution in [0.5, 0.6) is 5.75 Å². The Hall–Kier alpha value is -2.35. The van der Waals surface area contributed by atoms with Gasteiger partial charge in [-0.15, -0.1) is 13.2 Å². The summed E-state index contributed by atoms with van der Waals surface area (Å²) in [5.74, 6) is -0.550. The van der Waals surface area contributed by atoms with Crippen molar-refractivity contribution >= 4 is 25.7 Å². The van der Waals surface area contributed by atoms with E-state index in [1.807, 2.05) is 30.3 Å². The molecule has 0 bridgehead atoms. The normalized spacial score (nSPS) is 19.6. The molecule has 188 valence electrons. The van der Waals surface area contributed by atoms with Crippen molar-refractivity contribution in [1.82, 2.24) is 10.6 Å². The molecule has 13 heteroatoms. The maximum atomic E-state index is 13.0. The zero-order valence-electron chi connectivity index (χ0n) is 18.5. The molecule has 1 aliphatic rings. The molecule has 0 radical (unpaired) electrons. The van der Waals surface area contributed by atoms with E-state index in [0.29, 0.717) is 12.5 Å². The van der Waals surface area contributed by atoms with Gasteiger partial charge in [-0.3, -0.25) is 0 Å². The van der Waals surface area contributed by atoms with Crippen LogP contribution in [0.2, 0.25) is 0 Å². The van der Waals surface area contributed by atoms with E-state index in [4.69, 9.17) is 0 Å². The number of piperidine rings is 1. The quantitative estimate of drug-likeness (QED) is 0.551. The maximum absolute atomic E-state index is 13.0. The molecule has 0 aliphatic carbocycles. The van der Waals surface area contributed by atoms with Gasteiger partial charge in [-0.2, -0.15) is 3.71 Å². The summed E-state index contributed by atoms with van der Waals surface area (Å²) < 4.78 is 91.7. The SMILES string of the molecule is CS(=O)(=O)N(c1ccc(OC(F)(F)F)c(CN[C@@H]2CCCN[C@@H]2c2ccccc2)c1)S(C)(=O)=O. The van der Waals surface area contributed by atoms with Crippen molar-refractivity contribution in [2.75, 3.05) is 22.8 Å². The third-order valence-corrected chi connectivity index (χ3v) is 8.51. The second-order valence-corrected chi connectivity index (χ2v) is 11.9. The zero-order chi connectivity index (χ0) is 25.1. The Labute approximate surface area is 197 Å². The molecule has 2 aromatic rings. The van der Waals surface area contributed by atoms with Gasteiger partial charge in [-0.05, 0) is 43.1 Å². The second kappa shape index (κ2) is 10.1. The Balaban J connectivity index is 1.95. The summed E-state index contributed by atoms with van der Waals surface area (Å²) in [6, 6.07) is 12.3. The molecule has 0 amide bonds. The van der Waals surface area contributed by atoms with Crippen molar-refractivity contribution in [3.8, 4) is 5.75 Å². The van der Waals surface area contributed by atoms with E-state index in [1.54, 1.807) is 0 Å². The lowest BCUT2D eigenvalue weighted by molar-refractivity contribution is -0.274. The average molecular weight is 522 g/mol. The minimum atomic E-state index is -4.98. The molecular weight excluding hydrogens is 495 g/mol. The Kier molecular flexibility index (Phi) is 7.80. The maximum Gasteiger partial charge on any atom is 0.573 e. The van der Waals surface area contributed by atoms with Crippen LogP contribution in [0.25, 0.3) is 0 Å². The van der Waals surface area contributed by atoms with E-state index in [1.165, 1.54) is 0 Å². The molecule has 8 nitrogen and oxygen atoms in total. The first kappa shape index (κ1) is 26.3. The van der Waals surface area contributed by atoms with E-state index in [-0.39, 0.29) is 33.6 Å². The van der Waals surface area contributed by atoms with E-state index in [9.17, 15) is 30.0 Å². The van der Waals surface area contributed by atoms with Crippen molar-refractivity contribution in [3.63, 3.8) is 0 Å². The van der Waals surface area contributed by atoms with Gasteiger partial charge in [0.15, 0.2) is 0 Å². The number of anilines is 1. The van der Waals surface area contributed by atoms with Crippen LogP contribution in [0, 0.1) is 0 Å². The number of hydrogen-bond acceptors (Lipinski definition) is 7. The third-order valence-electron chi connectivity index (χ3n) is 5.25. The van der Waals surface area contributed by atoms with Crippen LogP contribution in [0.4, 0.5) is 18.9 Å². The van der Waals surface area contributed by atoms with Crippen LogP contribution in [0.1, 0.15) is 30.0 Å². The number of rotatable bonds is 8. The van der Waals surface area contributed by atoms with Crippen molar-refractivity contribution in [1.29, 1.82) is 0 Å². The molecule has 3 rings (SSSR count). The van der Waals surface area contributed by atoms with Crippen LogP contribution in [0.15, 0.2) is 48.5 Å². The standard InChI is InChI=1S/C21H26F3N3O5S2/c1-33(28,29)27(34(2,30)31)17-10-11-19(32-21(22,23)24)16(13-17)14-26-18-9-6-12-25-20(18)15-7-4-3-5-8-15/h3-5,7-8,10-11,13,18,20,25-26H,6,9,12,14H2,1-2H3/t18-,20-/m1/s1. The Morgan fingerprint density at radius 2 is 1.71 bits per heavy atom. The van der Waals surface area contributed by atoms with Crippen LogP contribution in [-0.4, -0.2) is 48.3 Å². The van der Waals surface area contributed by atoms with E-state index in [2.05, 4.69) is 15.4 Å². The van der Waals surface area contributed by atoms with Crippen molar-refractivity contribution < 1.29 is 34.7 Å². The molecule has 1 heterocycles. The van der Waals surface area contributed by atoms with Gasteiger partial charge in [0, 0.05) is 24.2 Å². The van der Waals surface area contributed by atoms with Gasteiger partial charge in [0.25, 0.3) is 0 Å². The van der Waals surface area contributed by atoms with Gasteiger partial charge in [-0.25, -0.2) is 16.8 Å². The van der Waals surface area contributed by atoms with Gasteiger partial charge < -0.3 is 15.4 Å². The van der Waals surface area contributed by atoms with Crippen LogP contribution in [0.3, 0.4) is 0 Å². The highest BCUT2D eigenvalue weighted by molar-refractivity contribution is 8.09. The fourth-order valence-corrected chi connectivity index (χ4v) is 6.99. The summed E-state index contributed by atoms with van der Waals surface area (Å²) in [5.41, 5.74) is 0.669. The summed E-state index contributed by atoms with van der Waals surface area (Å²) >= 11 is 0. The summed E-state index contributed by atoms with van der Waals surface area (Å²) in [6.07, 6.45) is -1.99. The zero-order valence-corrected chi connectivity index (χ0v) is 20.2. The first-order chi connectivity index (χ1) is 15.8. The highest BCUT2D eigenvalue weighted by Crippen LogP contribution is 2.32. The monoisotopic (exact) mass is 521 g/mol. The largest absolute Gasteiger partial charge is 0.573 e. The smallest absolute Gasteiger partial charge is 0.405 e. The minimum absolute atomic E-state index is 0.0375. The fourth-order valence-electron chi connectivity index (χ4n) is 4.03. The Morgan fingerprint density at radius 1 is 1.06 bits per heavy atom. The third kappa shape index (κ3) is 6.84. The van der Waals surface area contributed by atoms with Gasteiger partial charge in [-0.1, -0.05) is 30.3 Å². The molecule has 0 unspecified atom stereocenters. The first-order valence-electron chi connectivity index (χ1n) is 10.4. The molecule has 1 aliphatic heterocycles. The van der Waals surface area contributed by atoms with Crippen LogP contribution < -0.4 is 19.1 Å². The molecule has 1 saturated heterocycles. The number of alkyl halides is 3. The van der Waals surface area contributed by atoms with Crippen molar-refractivity contribution in [3.05, 3.63) is 59.7 Å². The lowest BCUT2D eigenvalue weighted by atomic mass is 9.92. The Bertz CT molecular complexity index is 1170. The topological polar surface area (TPSA) is 105 Å². The summed E-state index contributed by atoms with van der Waals surface area (Å²) in [4.78, 5) is 0. The minimum Gasteiger partial charge on any atom is -0.405 e. The number of halogens is 3. The molecule has 2 atom stereocenters. The predicted octanol–water partition coefficient (Wildman–Crippen LogP) is 2.89. The van der Waals surface area contributed by atoms with Gasteiger partial charge in [0.2, 0.25) is 20.0 Å². The lowest BCUT2D eigenvalue weighted by Crippen LogP contribution is -2.45. The second-order valence-electron chi connectivity index (χ2n) is 8.04.